The van der Waals surface area contributed by atoms with Crippen molar-refractivity contribution in [3.63, 3.8) is 0 Å². The highest BCUT2D eigenvalue weighted by molar-refractivity contribution is 5.85. The number of methoxy groups -OCH3 is 1. The highest BCUT2D eigenvalue weighted by Crippen LogP contribution is 2.44. The van der Waals surface area contributed by atoms with Gasteiger partial charge in [0.05, 0.1) is 13.7 Å². The molecule has 0 atom stereocenters. The monoisotopic (exact) mass is 401 g/mol. The Morgan fingerprint density at radius 1 is 1.18 bits per heavy atom. The summed E-state index contributed by atoms with van der Waals surface area (Å²) < 4.78 is 11.9. The lowest BCUT2D eigenvalue weighted by Gasteiger charge is -2.42. The molecule has 1 saturated heterocycles. The van der Waals surface area contributed by atoms with Crippen LogP contribution in [-0.4, -0.2) is 48.3 Å². The van der Waals surface area contributed by atoms with E-state index in [0.717, 1.165) is 41.0 Å². The van der Waals surface area contributed by atoms with Gasteiger partial charge in [0.2, 0.25) is 0 Å². The molecule has 2 aliphatic heterocycles. The summed E-state index contributed by atoms with van der Waals surface area (Å²) in [5.74, 6) is 0.801. The molecule has 1 fully saturated rings. The zero-order valence-corrected chi connectivity index (χ0v) is 16.6. The average Bonchev–Trinajstić information content (AvgIpc) is 2.69. The molecule has 0 bridgehead atoms. The minimum absolute atomic E-state index is 0. The number of rotatable bonds is 4. The van der Waals surface area contributed by atoms with Crippen molar-refractivity contribution in [2.45, 2.75) is 18.4 Å². The SMILES string of the molecule is COc1ccc2c(c1)OC1(C=C2c2ccccc2)CCN(CC(=O)O)CC1.Cl. The number of likely N-dealkylation sites (tertiary alicyclic amines) is 1. The van der Waals surface area contributed by atoms with Gasteiger partial charge in [-0.1, -0.05) is 30.3 Å². The van der Waals surface area contributed by atoms with Gasteiger partial charge in [-0.25, -0.2) is 0 Å². The Labute approximate surface area is 171 Å². The second-order valence-electron chi connectivity index (χ2n) is 7.12. The van der Waals surface area contributed by atoms with Crippen molar-refractivity contribution in [2.75, 3.05) is 26.7 Å². The molecule has 0 radical (unpaired) electrons. The maximum absolute atomic E-state index is 11.0. The van der Waals surface area contributed by atoms with Crippen LogP contribution in [0.2, 0.25) is 0 Å². The van der Waals surface area contributed by atoms with Crippen LogP contribution in [0.15, 0.2) is 54.6 Å². The molecular weight excluding hydrogens is 378 g/mol. The Hall–Kier alpha value is -2.50. The van der Waals surface area contributed by atoms with Gasteiger partial charge in [-0.3, -0.25) is 9.69 Å². The molecule has 2 heterocycles. The highest BCUT2D eigenvalue weighted by atomic mass is 35.5. The summed E-state index contributed by atoms with van der Waals surface area (Å²) in [5, 5.41) is 9.05. The molecule has 2 aromatic carbocycles. The van der Waals surface area contributed by atoms with Crippen LogP contribution in [-0.2, 0) is 4.79 Å². The molecule has 1 N–H and O–H groups in total. The maximum Gasteiger partial charge on any atom is 0.317 e. The van der Waals surface area contributed by atoms with Crippen LogP contribution in [0.25, 0.3) is 5.57 Å². The molecule has 4 rings (SSSR count). The number of halogens is 1. The van der Waals surface area contributed by atoms with E-state index in [9.17, 15) is 4.79 Å². The number of hydrogen-bond donors (Lipinski definition) is 1. The summed E-state index contributed by atoms with van der Waals surface area (Å²) in [4.78, 5) is 13.0. The number of ether oxygens (including phenoxy) is 2. The predicted octanol–water partition coefficient (Wildman–Crippen LogP) is 3.86. The smallest absolute Gasteiger partial charge is 0.317 e. The van der Waals surface area contributed by atoms with E-state index in [4.69, 9.17) is 14.6 Å². The average molecular weight is 402 g/mol. The summed E-state index contributed by atoms with van der Waals surface area (Å²) >= 11 is 0. The van der Waals surface area contributed by atoms with E-state index in [0.29, 0.717) is 13.1 Å². The maximum atomic E-state index is 11.0. The number of hydrogen-bond acceptors (Lipinski definition) is 4. The van der Waals surface area contributed by atoms with E-state index in [1.807, 2.05) is 41.3 Å². The summed E-state index contributed by atoms with van der Waals surface area (Å²) in [7, 11) is 1.65. The zero-order chi connectivity index (χ0) is 18.9. The molecule has 5 nitrogen and oxygen atoms in total. The number of carbonyl (C=O) groups is 1. The van der Waals surface area contributed by atoms with Gasteiger partial charge in [-0.2, -0.15) is 0 Å². The van der Waals surface area contributed by atoms with E-state index >= 15 is 0 Å². The van der Waals surface area contributed by atoms with Crippen LogP contribution in [0, 0.1) is 0 Å². The van der Waals surface area contributed by atoms with E-state index < -0.39 is 11.6 Å². The molecule has 2 aliphatic rings. The van der Waals surface area contributed by atoms with Crippen molar-refractivity contribution in [3.8, 4) is 11.5 Å². The molecule has 1 spiro atoms. The number of aliphatic carboxylic acids is 1. The van der Waals surface area contributed by atoms with E-state index in [2.05, 4.69) is 18.2 Å². The van der Waals surface area contributed by atoms with Gasteiger partial charge >= 0.3 is 5.97 Å². The number of carboxylic acids is 1. The van der Waals surface area contributed by atoms with Crippen molar-refractivity contribution in [3.05, 3.63) is 65.7 Å². The lowest BCUT2D eigenvalue weighted by Crippen LogP contribution is -2.49. The zero-order valence-electron chi connectivity index (χ0n) is 15.8. The molecule has 0 saturated carbocycles. The fraction of sp³-hybridized carbons (Fsp3) is 0.318. The summed E-state index contributed by atoms with van der Waals surface area (Å²) in [5.41, 5.74) is 2.95. The molecule has 6 heteroatoms. The van der Waals surface area contributed by atoms with E-state index in [-0.39, 0.29) is 19.0 Å². The Morgan fingerprint density at radius 2 is 1.89 bits per heavy atom. The minimum atomic E-state index is -0.786. The fourth-order valence-corrected chi connectivity index (χ4v) is 3.91. The Kier molecular flexibility index (Phi) is 5.96. The number of piperidine rings is 1. The van der Waals surface area contributed by atoms with Gasteiger partial charge < -0.3 is 14.6 Å². The van der Waals surface area contributed by atoms with Crippen molar-refractivity contribution < 1.29 is 19.4 Å². The second kappa shape index (κ2) is 8.25. The number of nitrogens with zero attached hydrogens (tertiary/aromatic N) is 1. The number of fused-ring (bicyclic) bond motifs is 1. The molecule has 0 aromatic heterocycles. The molecule has 2 aromatic rings. The van der Waals surface area contributed by atoms with Crippen LogP contribution < -0.4 is 9.47 Å². The van der Waals surface area contributed by atoms with Crippen molar-refractivity contribution >= 4 is 23.9 Å². The second-order valence-corrected chi connectivity index (χ2v) is 7.12. The third kappa shape index (κ3) is 4.01. The van der Waals surface area contributed by atoms with Crippen molar-refractivity contribution in [2.24, 2.45) is 0 Å². The minimum Gasteiger partial charge on any atom is -0.497 e. The first kappa shape index (κ1) is 20.2. The Bertz CT molecular complexity index is 873. The molecule has 0 unspecified atom stereocenters. The summed E-state index contributed by atoms with van der Waals surface area (Å²) in [6.45, 7) is 1.48. The van der Waals surface area contributed by atoms with E-state index in [1.165, 1.54) is 0 Å². The van der Waals surface area contributed by atoms with Crippen LogP contribution in [0.5, 0.6) is 11.5 Å². The van der Waals surface area contributed by atoms with E-state index in [1.54, 1.807) is 7.11 Å². The van der Waals surface area contributed by atoms with Crippen molar-refractivity contribution in [1.82, 2.24) is 4.90 Å². The summed E-state index contributed by atoms with van der Waals surface area (Å²) in [6, 6.07) is 16.2. The van der Waals surface area contributed by atoms with Crippen LogP contribution in [0.1, 0.15) is 24.0 Å². The molecular formula is C22H24ClNO4. The first-order valence-electron chi connectivity index (χ1n) is 9.18. The quantitative estimate of drug-likeness (QED) is 0.843. The summed E-state index contributed by atoms with van der Waals surface area (Å²) in [6.07, 6.45) is 3.75. The van der Waals surface area contributed by atoms with Crippen LogP contribution >= 0.6 is 12.4 Å². The van der Waals surface area contributed by atoms with Crippen LogP contribution in [0.3, 0.4) is 0 Å². The van der Waals surface area contributed by atoms with Crippen LogP contribution in [0.4, 0.5) is 0 Å². The molecule has 0 amide bonds. The first-order chi connectivity index (χ1) is 13.1. The Balaban J connectivity index is 0.00000225. The van der Waals surface area contributed by atoms with Gasteiger partial charge in [0.25, 0.3) is 0 Å². The van der Waals surface area contributed by atoms with Crippen molar-refractivity contribution in [1.29, 1.82) is 0 Å². The predicted molar refractivity (Wildman–Crippen MR) is 110 cm³/mol. The third-order valence-electron chi connectivity index (χ3n) is 5.35. The standard InChI is InChI=1S/C22H23NO4.ClH/c1-26-17-7-8-18-19(16-5-3-2-4-6-16)14-22(27-20(18)13-17)9-11-23(12-10-22)15-21(24)25;/h2-8,13-14H,9-12,15H2,1H3,(H,24,25);1H. The molecule has 148 valence electrons. The van der Waals surface area contributed by atoms with Gasteiger partial charge in [0, 0.05) is 37.6 Å². The highest BCUT2D eigenvalue weighted by Gasteiger charge is 2.39. The van der Waals surface area contributed by atoms with Gasteiger partial charge in [0.15, 0.2) is 0 Å². The number of benzene rings is 2. The third-order valence-corrected chi connectivity index (χ3v) is 5.35. The molecule has 0 aliphatic carbocycles. The van der Waals surface area contributed by atoms with Gasteiger partial charge in [0.1, 0.15) is 17.1 Å². The normalized spacial score (nSPS) is 17.7. The van der Waals surface area contributed by atoms with Gasteiger partial charge in [-0.15, -0.1) is 12.4 Å². The van der Waals surface area contributed by atoms with Gasteiger partial charge in [-0.05, 0) is 29.3 Å². The first-order valence-corrected chi connectivity index (χ1v) is 9.18. The lowest BCUT2D eigenvalue weighted by atomic mass is 9.83. The Morgan fingerprint density at radius 3 is 2.54 bits per heavy atom. The number of carboxylic acid groups (broad SMARTS) is 1. The topological polar surface area (TPSA) is 59.0 Å². The molecule has 28 heavy (non-hydrogen) atoms. The largest absolute Gasteiger partial charge is 0.497 e. The lowest BCUT2D eigenvalue weighted by molar-refractivity contribution is -0.139. The fourth-order valence-electron chi connectivity index (χ4n) is 3.91.